The molecule has 182 valence electrons. The molecule has 0 spiro atoms. The maximum Gasteiger partial charge on any atom is 0.295 e. The first-order valence-corrected chi connectivity index (χ1v) is 13.1. The first-order valence-electron chi connectivity index (χ1n) is 9.94. The predicted octanol–water partition coefficient (Wildman–Crippen LogP) is 5.55. The van der Waals surface area contributed by atoms with Crippen molar-refractivity contribution in [2.75, 3.05) is 28.8 Å². The van der Waals surface area contributed by atoms with Gasteiger partial charge in [0.15, 0.2) is 18.0 Å². The molecule has 0 radical (unpaired) electrons. The van der Waals surface area contributed by atoms with Crippen molar-refractivity contribution in [2.24, 2.45) is 0 Å². The van der Waals surface area contributed by atoms with Crippen LogP contribution < -0.4 is 14.8 Å². The lowest BCUT2D eigenvalue weighted by Gasteiger charge is -2.27. The summed E-state index contributed by atoms with van der Waals surface area (Å²) in [6.07, 6.45) is 1.93. The van der Waals surface area contributed by atoms with Gasteiger partial charge in [-0.05, 0) is 35.4 Å². The first kappa shape index (κ1) is 26.2. The fraction of sp³-hybridized carbons (Fsp3) is 0.273. The van der Waals surface area contributed by atoms with Gasteiger partial charge in [-0.25, -0.2) is 8.42 Å². The SMILES string of the molecule is CC(C)(c1ccc(NC(=O)c2ocnc2NS(C)(=O)=O)cc1)c1cc(Cl)c(OCCCl)c(Cl)c1. The van der Waals surface area contributed by atoms with Crippen molar-refractivity contribution in [2.45, 2.75) is 19.3 Å². The van der Waals surface area contributed by atoms with Gasteiger partial charge in [0.2, 0.25) is 15.8 Å². The molecule has 0 atom stereocenters. The van der Waals surface area contributed by atoms with Gasteiger partial charge in [0.25, 0.3) is 5.91 Å². The van der Waals surface area contributed by atoms with Crippen molar-refractivity contribution in [3.63, 3.8) is 0 Å². The quantitative estimate of drug-likeness (QED) is 0.341. The van der Waals surface area contributed by atoms with Crippen LogP contribution in [0, 0.1) is 0 Å². The van der Waals surface area contributed by atoms with E-state index < -0.39 is 21.3 Å². The fourth-order valence-corrected chi connectivity index (χ4v) is 4.35. The zero-order valence-electron chi connectivity index (χ0n) is 18.5. The number of halogens is 3. The topological polar surface area (TPSA) is 111 Å². The van der Waals surface area contributed by atoms with Crippen LogP contribution in [0.1, 0.15) is 35.5 Å². The Kier molecular flexibility index (Phi) is 8.02. The number of nitrogens with one attached hydrogen (secondary N) is 2. The van der Waals surface area contributed by atoms with Crippen LogP contribution in [-0.2, 0) is 15.4 Å². The van der Waals surface area contributed by atoms with E-state index in [0.717, 1.165) is 23.8 Å². The molecule has 0 saturated carbocycles. The van der Waals surface area contributed by atoms with E-state index in [-0.39, 0.29) is 18.2 Å². The highest BCUT2D eigenvalue weighted by Crippen LogP contribution is 2.40. The normalized spacial score (nSPS) is 11.8. The van der Waals surface area contributed by atoms with E-state index in [0.29, 0.717) is 27.4 Å². The average molecular weight is 547 g/mol. The number of sulfonamides is 1. The molecule has 2 N–H and O–H groups in total. The number of nitrogens with zero attached hydrogens (tertiary/aromatic N) is 1. The van der Waals surface area contributed by atoms with Gasteiger partial charge in [-0.15, -0.1) is 11.6 Å². The largest absolute Gasteiger partial charge is 0.489 e. The van der Waals surface area contributed by atoms with Gasteiger partial charge in [0.1, 0.15) is 6.61 Å². The van der Waals surface area contributed by atoms with Gasteiger partial charge >= 0.3 is 0 Å². The minimum Gasteiger partial charge on any atom is -0.489 e. The summed E-state index contributed by atoms with van der Waals surface area (Å²) in [6, 6.07) is 10.7. The van der Waals surface area contributed by atoms with E-state index in [1.54, 1.807) is 24.3 Å². The number of hydrogen-bond donors (Lipinski definition) is 2. The molecule has 0 aliphatic carbocycles. The van der Waals surface area contributed by atoms with Crippen LogP contribution in [0.5, 0.6) is 5.75 Å². The molecule has 1 aromatic heterocycles. The maximum atomic E-state index is 12.5. The number of aromatic nitrogens is 1. The van der Waals surface area contributed by atoms with Gasteiger partial charge in [-0.2, -0.15) is 4.98 Å². The Bertz CT molecular complexity index is 1270. The molecule has 8 nitrogen and oxygen atoms in total. The number of amides is 1. The van der Waals surface area contributed by atoms with Crippen molar-refractivity contribution >= 4 is 62.2 Å². The molecule has 0 aliphatic rings. The van der Waals surface area contributed by atoms with Crippen LogP contribution in [0.2, 0.25) is 10.0 Å². The Hall–Kier alpha value is -2.46. The molecular formula is C22H22Cl3N3O5S. The molecule has 3 aromatic rings. The molecule has 34 heavy (non-hydrogen) atoms. The van der Waals surface area contributed by atoms with Crippen LogP contribution >= 0.6 is 34.8 Å². The monoisotopic (exact) mass is 545 g/mol. The summed E-state index contributed by atoms with van der Waals surface area (Å²) >= 11 is 18.5. The number of oxazole rings is 1. The lowest BCUT2D eigenvalue weighted by molar-refractivity contribution is 0.0998. The highest BCUT2D eigenvalue weighted by molar-refractivity contribution is 7.92. The highest BCUT2D eigenvalue weighted by atomic mass is 35.5. The molecule has 0 saturated heterocycles. The van der Waals surface area contributed by atoms with Gasteiger partial charge in [0.05, 0.1) is 22.2 Å². The second kappa shape index (κ2) is 10.4. The average Bonchev–Trinajstić information content (AvgIpc) is 3.20. The van der Waals surface area contributed by atoms with E-state index in [4.69, 9.17) is 44.0 Å². The number of ether oxygens (including phenoxy) is 1. The Labute approximate surface area is 212 Å². The van der Waals surface area contributed by atoms with Gasteiger partial charge in [-0.1, -0.05) is 49.2 Å². The van der Waals surface area contributed by atoms with Gasteiger partial charge < -0.3 is 14.5 Å². The van der Waals surface area contributed by atoms with Crippen molar-refractivity contribution in [1.29, 1.82) is 0 Å². The van der Waals surface area contributed by atoms with Crippen LogP contribution in [0.4, 0.5) is 11.5 Å². The van der Waals surface area contributed by atoms with Gasteiger partial charge in [-0.3, -0.25) is 9.52 Å². The lowest BCUT2D eigenvalue weighted by Crippen LogP contribution is -2.19. The van der Waals surface area contributed by atoms with Crippen molar-refractivity contribution in [3.05, 3.63) is 69.7 Å². The molecule has 0 unspecified atom stereocenters. The van der Waals surface area contributed by atoms with Crippen LogP contribution in [0.15, 0.2) is 47.2 Å². The van der Waals surface area contributed by atoms with E-state index in [1.807, 2.05) is 26.0 Å². The molecule has 3 rings (SSSR count). The van der Waals surface area contributed by atoms with Crippen LogP contribution in [0.3, 0.4) is 0 Å². The number of carbonyl (C=O) groups excluding carboxylic acids is 1. The number of alkyl halides is 1. The molecule has 0 aliphatic heterocycles. The minimum absolute atomic E-state index is 0.190. The molecule has 2 aromatic carbocycles. The molecule has 1 heterocycles. The van der Waals surface area contributed by atoms with Crippen molar-refractivity contribution in [1.82, 2.24) is 4.98 Å². The summed E-state index contributed by atoms with van der Waals surface area (Å²) in [5.74, 6) is -0.393. The van der Waals surface area contributed by atoms with Crippen molar-refractivity contribution < 1.29 is 22.4 Å². The second-order valence-corrected chi connectivity index (χ2v) is 10.8. The Balaban J connectivity index is 1.79. The standard InChI is InChI=1S/C22H22Cl3N3O5S/c1-22(2,14-10-16(24)18(17(25)11-14)32-9-8-23)13-4-6-15(7-5-13)27-21(29)19-20(26-12-33-19)28-34(3,30)31/h4-7,10-12,28H,8-9H2,1-3H3,(H,27,29). The van der Waals surface area contributed by atoms with Crippen LogP contribution in [-0.4, -0.2) is 38.1 Å². The summed E-state index contributed by atoms with van der Waals surface area (Å²) in [6.45, 7) is 4.32. The number of anilines is 2. The summed E-state index contributed by atoms with van der Waals surface area (Å²) < 4.78 is 35.6. The predicted molar refractivity (Wildman–Crippen MR) is 134 cm³/mol. The number of carbonyl (C=O) groups is 1. The highest BCUT2D eigenvalue weighted by Gasteiger charge is 2.26. The summed E-state index contributed by atoms with van der Waals surface area (Å²) in [7, 11) is -3.62. The fourth-order valence-electron chi connectivity index (χ4n) is 3.18. The summed E-state index contributed by atoms with van der Waals surface area (Å²) in [5, 5.41) is 3.43. The van der Waals surface area contributed by atoms with E-state index in [9.17, 15) is 13.2 Å². The number of rotatable bonds is 9. The zero-order chi connectivity index (χ0) is 25.1. The number of hydrogen-bond acceptors (Lipinski definition) is 6. The van der Waals surface area contributed by atoms with Crippen LogP contribution in [0.25, 0.3) is 0 Å². The van der Waals surface area contributed by atoms with E-state index >= 15 is 0 Å². The second-order valence-electron chi connectivity index (χ2n) is 7.87. The maximum absolute atomic E-state index is 12.5. The lowest BCUT2D eigenvalue weighted by atomic mass is 9.78. The minimum atomic E-state index is -3.62. The Morgan fingerprint density at radius 3 is 2.29 bits per heavy atom. The molecule has 0 fully saturated rings. The number of benzene rings is 2. The van der Waals surface area contributed by atoms with E-state index in [2.05, 4.69) is 15.0 Å². The summed E-state index contributed by atoms with van der Waals surface area (Å²) in [5.41, 5.74) is 1.81. The Morgan fingerprint density at radius 2 is 1.74 bits per heavy atom. The van der Waals surface area contributed by atoms with Gasteiger partial charge in [0, 0.05) is 11.1 Å². The summed E-state index contributed by atoms with van der Waals surface area (Å²) in [4.78, 5) is 16.3. The van der Waals surface area contributed by atoms with Crippen molar-refractivity contribution in [3.8, 4) is 5.75 Å². The smallest absolute Gasteiger partial charge is 0.295 e. The molecule has 12 heteroatoms. The third kappa shape index (κ3) is 6.15. The molecular weight excluding hydrogens is 525 g/mol. The third-order valence-electron chi connectivity index (χ3n) is 4.96. The molecule has 1 amide bonds. The molecule has 0 bridgehead atoms. The first-order chi connectivity index (χ1) is 15.9. The third-order valence-corrected chi connectivity index (χ3v) is 6.24. The van der Waals surface area contributed by atoms with E-state index in [1.165, 1.54) is 0 Å². The Morgan fingerprint density at radius 1 is 1.12 bits per heavy atom. The zero-order valence-corrected chi connectivity index (χ0v) is 21.6.